The van der Waals surface area contributed by atoms with Crippen molar-refractivity contribution in [3.63, 3.8) is 0 Å². The van der Waals surface area contributed by atoms with Gasteiger partial charge in [0.2, 0.25) is 9.84 Å². The van der Waals surface area contributed by atoms with Gasteiger partial charge in [0.15, 0.2) is 0 Å². The maximum absolute atomic E-state index is 13.0. The Kier molecular flexibility index (Phi) is 3.76. The monoisotopic (exact) mass is 398 g/mol. The van der Waals surface area contributed by atoms with Crippen LogP contribution in [-0.4, -0.2) is 55.4 Å². The third kappa shape index (κ3) is 2.26. The first kappa shape index (κ1) is 18.1. The summed E-state index contributed by atoms with van der Waals surface area (Å²) in [7, 11) is -2.75. The molecule has 0 saturated heterocycles. The zero-order valence-corrected chi connectivity index (χ0v) is 15.7. The number of carbonyl (C=O) groups excluding carboxylic acids is 4. The highest BCUT2D eigenvalue weighted by Gasteiger charge is 2.37. The second-order valence-corrected chi connectivity index (χ2v) is 8.39. The highest BCUT2D eigenvalue weighted by molar-refractivity contribution is 7.91. The molecule has 9 heteroatoms. The number of amides is 4. The molecule has 0 radical (unpaired) electrons. The van der Waals surface area contributed by atoms with Crippen molar-refractivity contribution in [2.75, 3.05) is 13.6 Å². The first-order valence-electron chi connectivity index (χ1n) is 8.40. The number of imide groups is 2. The van der Waals surface area contributed by atoms with E-state index >= 15 is 0 Å². The van der Waals surface area contributed by atoms with Gasteiger partial charge in [0, 0.05) is 13.6 Å². The molecular weight excluding hydrogens is 384 g/mol. The van der Waals surface area contributed by atoms with Crippen molar-refractivity contribution < 1.29 is 27.6 Å². The van der Waals surface area contributed by atoms with Crippen LogP contribution in [0.3, 0.4) is 0 Å². The minimum absolute atomic E-state index is 0.0122. The van der Waals surface area contributed by atoms with E-state index in [0.29, 0.717) is 0 Å². The SMILES string of the molecule is CCN1C(=O)c2ccc(S(=O)(=O)c3ccc4c(c3)C(=O)N(C)C4=O)cc2C1=O. The van der Waals surface area contributed by atoms with Gasteiger partial charge in [0.1, 0.15) is 0 Å². The number of nitrogens with zero attached hydrogens (tertiary/aromatic N) is 2. The Balaban J connectivity index is 1.81. The van der Waals surface area contributed by atoms with Crippen LogP contribution in [0.4, 0.5) is 0 Å². The lowest BCUT2D eigenvalue weighted by Gasteiger charge is -2.08. The van der Waals surface area contributed by atoms with Crippen LogP contribution in [-0.2, 0) is 9.84 Å². The topological polar surface area (TPSA) is 109 Å². The molecule has 2 aromatic carbocycles. The van der Waals surface area contributed by atoms with Crippen LogP contribution in [0.25, 0.3) is 0 Å². The fourth-order valence-electron chi connectivity index (χ4n) is 3.37. The van der Waals surface area contributed by atoms with E-state index in [0.717, 1.165) is 15.9 Å². The molecule has 4 rings (SSSR count). The fourth-order valence-corrected chi connectivity index (χ4v) is 4.68. The van der Waals surface area contributed by atoms with E-state index in [1.807, 2.05) is 0 Å². The number of hydrogen-bond donors (Lipinski definition) is 0. The molecule has 0 aliphatic carbocycles. The molecule has 0 unspecified atom stereocenters. The number of benzene rings is 2. The lowest BCUT2D eigenvalue weighted by Crippen LogP contribution is -2.29. The van der Waals surface area contributed by atoms with Gasteiger partial charge in [0.25, 0.3) is 23.6 Å². The van der Waals surface area contributed by atoms with Crippen LogP contribution in [0, 0.1) is 0 Å². The lowest BCUT2D eigenvalue weighted by molar-refractivity contribution is 0.0656. The molecule has 0 bridgehead atoms. The maximum Gasteiger partial charge on any atom is 0.261 e. The van der Waals surface area contributed by atoms with Crippen LogP contribution >= 0.6 is 0 Å². The predicted molar refractivity (Wildman–Crippen MR) is 95.8 cm³/mol. The van der Waals surface area contributed by atoms with Gasteiger partial charge in [0.05, 0.1) is 32.0 Å². The second kappa shape index (κ2) is 5.83. The quantitative estimate of drug-likeness (QED) is 0.723. The number of hydrogen-bond acceptors (Lipinski definition) is 6. The van der Waals surface area contributed by atoms with E-state index in [9.17, 15) is 27.6 Å². The van der Waals surface area contributed by atoms with Gasteiger partial charge >= 0.3 is 0 Å². The van der Waals surface area contributed by atoms with Gasteiger partial charge in [-0.1, -0.05) is 0 Å². The summed E-state index contributed by atoms with van der Waals surface area (Å²) in [5, 5.41) is 0. The average molecular weight is 398 g/mol. The summed E-state index contributed by atoms with van der Waals surface area (Å²) >= 11 is 0. The van der Waals surface area contributed by atoms with E-state index in [1.165, 1.54) is 37.4 Å². The fraction of sp³-hybridized carbons (Fsp3) is 0.158. The molecule has 0 aromatic heterocycles. The number of fused-ring (bicyclic) bond motifs is 2. The van der Waals surface area contributed by atoms with Crippen LogP contribution in [0.1, 0.15) is 48.4 Å². The van der Waals surface area contributed by atoms with Gasteiger partial charge in [-0.05, 0) is 43.3 Å². The van der Waals surface area contributed by atoms with Crippen molar-refractivity contribution in [1.82, 2.24) is 9.80 Å². The zero-order valence-electron chi connectivity index (χ0n) is 14.9. The first-order valence-corrected chi connectivity index (χ1v) is 9.88. The predicted octanol–water partition coefficient (Wildman–Crippen LogP) is 1.36. The van der Waals surface area contributed by atoms with Gasteiger partial charge in [-0.15, -0.1) is 0 Å². The van der Waals surface area contributed by atoms with Gasteiger partial charge in [-0.2, -0.15) is 0 Å². The maximum atomic E-state index is 13.0. The zero-order chi connectivity index (χ0) is 20.4. The molecule has 0 saturated carbocycles. The van der Waals surface area contributed by atoms with E-state index < -0.39 is 33.5 Å². The minimum Gasteiger partial charge on any atom is -0.277 e. The van der Waals surface area contributed by atoms with Crippen molar-refractivity contribution in [1.29, 1.82) is 0 Å². The van der Waals surface area contributed by atoms with E-state index in [2.05, 4.69) is 0 Å². The molecule has 2 heterocycles. The lowest BCUT2D eigenvalue weighted by atomic mass is 10.1. The van der Waals surface area contributed by atoms with Gasteiger partial charge < -0.3 is 0 Å². The highest BCUT2D eigenvalue weighted by atomic mass is 32.2. The van der Waals surface area contributed by atoms with Crippen molar-refractivity contribution in [2.45, 2.75) is 16.7 Å². The Morgan fingerprint density at radius 3 is 1.68 bits per heavy atom. The summed E-state index contributed by atoms with van der Waals surface area (Å²) in [5.41, 5.74) is 0.333. The number of carbonyl (C=O) groups is 4. The Bertz CT molecular complexity index is 1210. The molecular formula is C19H14N2O6S. The molecule has 2 aliphatic heterocycles. The third-order valence-electron chi connectivity index (χ3n) is 4.94. The van der Waals surface area contributed by atoms with E-state index in [1.54, 1.807) is 6.92 Å². The third-order valence-corrected chi connectivity index (χ3v) is 6.69. The van der Waals surface area contributed by atoms with Gasteiger partial charge in [-0.3, -0.25) is 29.0 Å². The van der Waals surface area contributed by atoms with Crippen molar-refractivity contribution >= 4 is 33.5 Å². The first-order chi connectivity index (χ1) is 13.2. The Hall–Kier alpha value is -3.33. The minimum atomic E-state index is -4.07. The van der Waals surface area contributed by atoms with Crippen LogP contribution in [0.15, 0.2) is 46.2 Å². The molecule has 28 heavy (non-hydrogen) atoms. The number of rotatable bonds is 3. The summed E-state index contributed by atoms with van der Waals surface area (Å²) < 4.78 is 26.0. The molecule has 2 aliphatic rings. The normalized spacial score (nSPS) is 16.1. The van der Waals surface area contributed by atoms with Crippen molar-refractivity contribution in [3.8, 4) is 0 Å². The van der Waals surface area contributed by atoms with Crippen molar-refractivity contribution in [3.05, 3.63) is 58.7 Å². The molecule has 0 fully saturated rings. The largest absolute Gasteiger partial charge is 0.277 e. The van der Waals surface area contributed by atoms with E-state index in [-0.39, 0.29) is 38.6 Å². The summed E-state index contributed by atoms with van der Waals surface area (Å²) in [5.74, 6) is -2.08. The molecule has 0 spiro atoms. The standard InChI is InChI=1S/C19H14N2O6S/c1-3-21-18(24)13-7-5-11(9-15(13)19(21)25)28(26,27)10-4-6-12-14(8-10)17(23)20(2)16(12)22/h4-9H,3H2,1-2H3. The van der Waals surface area contributed by atoms with Crippen LogP contribution in [0.2, 0.25) is 0 Å². The average Bonchev–Trinajstić information content (AvgIpc) is 3.06. The van der Waals surface area contributed by atoms with Crippen molar-refractivity contribution in [2.24, 2.45) is 0 Å². The molecule has 0 atom stereocenters. The summed E-state index contributed by atoms with van der Waals surface area (Å²) in [4.78, 5) is 50.3. The molecule has 0 N–H and O–H groups in total. The summed E-state index contributed by atoms with van der Waals surface area (Å²) in [6.07, 6.45) is 0. The van der Waals surface area contributed by atoms with Crippen LogP contribution in [0.5, 0.6) is 0 Å². The van der Waals surface area contributed by atoms with E-state index in [4.69, 9.17) is 0 Å². The highest BCUT2D eigenvalue weighted by Crippen LogP contribution is 2.31. The Labute approximate surface area is 160 Å². The molecule has 2 aromatic rings. The second-order valence-electron chi connectivity index (χ2n) is 6.44. The smallest absolute Gasteiger partial charge is 0.261 e. The van der Waals surface area contributed by atoms with Crippen LogP contribution < -0.4 is 0 Å². The summed E-state index contributed by atoms with van der Waals surface area (Å²) in [6, 6.07) is 7.45. The number of sulfone groups is 1. The van der Waals surface area contributed by atoms with Gasteiger partial charge in [-0.25, -0.2) is 8.42 Å². The Morgan fingerprint density at radius 1 is 0.714 bits per heavy atom. The summed E-state index contributed by atoms with van der Waals surface area (Å²) in [6.45, 7) is 1.84. The molecule has 142 valence electrons. The Morgan fingerprint density at radius 2 is 1.14 bits per heavy atom. The molecule has 4 amide bonds. The molecule has 8 nitrogen and oxygen atoms in total.